The zero-order valence-electron chi connectivity index (χ0n) is 34.0. The van der Waals surface area contributed by atoms with Crippen molar-refractivity contribution in [2.24, 2.45) is 0 Å². The number of benzene rings is 1. The standard InChI is InChI=1S/C31H33N7O4.C4H10.C3H8.2C2H6.H2/c1-4-31(3,12-15-39)42-25-18-34-29(38-19-35-20(2)36-38)27-26(25)24(17-33-27)28(40)30(41)37-13-10-22(11-14-37)23(16-32)21-8-6-5-7-9-21;1-3-4-2;1-3-2;2*1-2;/h5-9,17-19,33,39H,4,10-15H2,1-3H3;3-4H2,1-2H3;3H2,1-2H3;2*1-2H3;1H. The first kappa shape index (κ1) is 46.2. The third-order valence-corrected chi connectivity index (χ3v) is 8.34. The number of hydrogen-bond acceptors (Lipinski definition) is 8. The van der Waals surface area contributed by atoms with Crippen molar-refractivity contribution in [1.82, 2.24) is 29.6 Å². The second-order valence-electron chi connectivity index (χ2n) is 12.3. The highest BCUT2D eigenvalue weighted by molar-refractivity contribution is 6.45. The van der Waals surface area contributed by atoms with Crippen molar-refractivity contribution >= 4 is 28.2 Å². The second kappa shape index (κ2) is 24.4. The smallest absolute Gasteiger partial charge is 0.295 e. The molecule has 4 heterocycles. The number of aliphatic hydroxyl groups is 1. The van der Waals surface area contributed by atoms with E-state index in [0.29, 0.717) is 72.6 Å². The van der Waals surface area contributed by atoms with Gasteiger partial charge in [-0.1, -0.05) is 112 Å². The number of nitriles is 1. The summed E-state index contributed by atoms with van der Waals surface area (Å²) < 4.78 is 7.87. The van der Waals surface area contributed by atoms with Crippen LogP contribution in [-0.2, 0) is 4.79 Å². The lowest BCUT2D eigenvalue weighted by atomic mass is 9.93. The molecule has 0 radical (unpaired) electrons. The lowest BCUT2D eigenvalue weighted by Crippen LogP contribution is -2.40. The average molecular weight is 732 g/mol. The molecule has 1 fully saturated rings. The highest BCUT2D eigenvalue weighted by Gasteiger charge is 2.32. The minimum Gasteiger partial charge on any atom is -0.485 e. The van der Waals surface area contributed by atoms with Gasteiger partial charge in [-0.3, -0.25) is 9.59 Å². The number of H-pyrrole nitrogens is 1. The van der Waals surface area contributed by atoms with Crippen LogP contribution in [-0.4, -0.2) is 71.7 Å². The van der Waals surface area contributed by atoms with Crippen molar-refractivity contribution in [3.63, 3.8) is 0 Å². The van der Waals surface area contributed by atoms with Crippen LogP contribution in [0.5, 0.6) is 5.75 Å². The topological polar surface area (TPSA) is 150 Å². The number of piperidine rings is 1. The van der Waals surface area contributed by atoms with Gasteiger partial charge < -0.3 is 19.7 Å². The zero-order chi connectivity index (χ0) is 40.0. The molecule has 1 aliphatic rings. The first-order valence-corrected chi connectivity index (χ1v) is 19.3. The van der Waals surface area contributed by atoms with Crippen molar-refractivity contribution in [3.05, 3.63) is 71.6 Å². The number of aryl methyl sites for hydroxylation is 1. The first-order valence-electron chi connectivity index (χ1n) is 19.3. The number of carbonyl (C=O) groups is 2. The van der Waals surface area contributed by atoms with E-state index in [1.807, 2.05) is 71.9 Å². The van der Waals surface area contributed by atoms with Gasteiger partial charge in [0.15, 0.2) is 5.82 Å². The van der Waals surface area contributed by atoms with E-state index in [9.17, 15) is 20.0 Å². The predicted molar refractivity (Wildman–Crippen MR) is 217 cm³/mol. The molecule has 2 N–H and O–H groups in total. The van der Waals surface area contributed by atoms with Crippen LogP contribution in [0.25, 0.3) is 22.3 Å². The van der Waals surface area contributed by atoms with Gasteiger partial charge in [-0.25, -0.2) is 14.6 Å². The number of hydrogen-bond donors (Lipinski definition) is 2. The van der Waals surface area contributed by atoms with Crippen LogP contribution < -0.4 is 4.74 Å². The minimum absolute atomic E-state index is 0. The number of fused-ring (bicyclic) bond motifs is 1. The Labute approximate surface area is 319 Å². The highest BCUT2D eigenvalue weighted by Crippen LogP contribution is 2.36. The number of rotatable bonds is 10. The predicted octanol–water partition coefficient (Wildman–Crippen LogP) is 9.69. The third kappa shape index (κ3) is 12.7. The van der Waals surface area contributed by atoms with Gasteiger partial charge in [0.05, 0.1) is 34.3 Å². The van der Waals surface area contributed by atoms with E-state index in [1.165, 1.54) is 47.6 Å². The van der Waals surface area contributed by atoms with Crippen molar-refractivity contribution in [2.45, 2.75) is 127 Å². The lowest BCUT2D eigenvalue weighted by Gasteiger charge is -2.30. The normalized spacial score (nSPS) is 12.9. The van der Waals surface area contributed by atoms with Crippen LogP contribution in [0, 0.1) is 18.3 Å². The van der Waals surface area contributed by atoms with Crippen molar-refractivity contribution in [1.29, 1.82) is 5.26 Å². The van der Waals surface area contributed by atoms with Crippen LogP contribution in [0.15, 0.2) is 54.6 Å². The van der Waals surface area contributed by atoms with Crippen LogP contribution in [0.3, 0.4) is 0 Å². The Morgan fingerprint density at radius 1 is 1.02 bits per heavy atom. The molecule has 4 aromatic rings. The number of aromatic amines is 1. The molecule has 1 saturated heterocycles. The lowest BCUT2D eigenvalue weighted by molar-refractivity contribution is -0.126. The van der Waals surface area contributed by atoms with E-state index < -0.39 is 17.3 Å². The fourth-order valence-electron chi connectivity index (χ4n) is 5.23. The highest BCUT2D eigenvalue weighted by atomic mass is 16.5. The van der Waals surface area contributed by atoms with Gasteiger partial charge in [-0.05, 0) is 44.2 Å². The number of ketones is 1. The molecular formula is C42H65N7O4. The van der Waals surface area contributed by atoms with Gasteiger partial charge in [0.2, 0.25) is 0 Å². The zero-order valence-corrected chi connectivity index (χ0v) is 34.0. The molecule has 0 spiro atoms. The van der Waals surface area contributed by atoms with Gasteiger partial charge in [0.1, 0.15) is 23.5 Å². The van der Waals surface area contributed by atoms with E-state index in [4.69, 9.17) is 4.74 Å². The van der Waals surface area contributed by atoms with Gasteiger partial charge in [0.25, 0.3) is 11.7 Å². The molecule has 5 rings (SSSR count). The molecule has 0 aliphatic carbocycles. The number of unbranched alkanes of at least 4 members (excludes halogenated alkanes) is 1. The SMILES string of the molecule is CC.CC.CCC.CCC(C)(CCO)Oc1cnc(-n2cnc(C)n2)c2[nH]cc(C(=O)C(=O)N3CCC(=C(C#N)c4ccccc4)CC3)c12.CCCC.[HH]. The Morgan fingerprint density at radius 3 is 2.11 bits per heavy atom. The number of nitrogens with one attached hydrogen (secondary N) is 1. The van der Waals surface area contributed by atoms with E-state index in [2.05, 4.69) is 53.8 Å². The summed E-state index contributed by atoms with van der Waals surface area (Å²) in [5.74, 6) is -0.0131. The van der Waals surface area contributed by atoms with Crippen LogP contribution >= 0.6 is 0 Å². The monoisotopic (exact) mass is 732 g/mol. The Hall–Kier alpha value is -4.82. The number of likely N-dealkylation sites (tertiary alicyclic amines) is 1. The maximum Gasteiger partial charge on any atom is 0.295 e. The summed E-state index contributed by atoms with van der Waals surface area (Å²) in [6, 6.07) is 11.8. The van der Waals surface area contributed by atoms with Gasteiger partial charge in [-0.2, -0.15) is 10.4 Å². The Morgan fingerprint density at radius 2 is 1.62 bits per heavy atom. The van der Waals surface area contributed by atoms with Gasteiger partial charge >= 0.3 is 0 Å². The van der Waals surface area contributed by atoms with Crippen LogP contribution in [0.2, 0.25) is 0 Å². The number of nitrogens with zero attached hydrogens (tertiary/aromatic N) is 6. The fraction of sp³-hybridized carbons (Fsp3) is 0.524. The molecule has 1 amide bonds. The summed E-state index contributed by atoms with van der Waals surface area (Å²) in [6.07, 6.45) is 10.4. The fourth-order valence-corrected chi connectivity index (χ4v) is 5.23. The molecule has 53 heavy (non-hydrogen) atoms. The number of aliphatic hydroxyl groups excluding tert-OH is 1. The van der Waals surface area contributed by atoms with E-state index in [1.54, 1.807) is 6.92 Å². The Balaban J connectivity index is 0.00000210. The summed E-state index contributed by atoms with van der Waals surface area (Å²) in [7, 11) is 0. The molecule has 1 unspecified atom stereocenters. The number of aromatic nitrogens is 5. The van der Waals surface area contributed by atoms with Crippen LogP contribution in [0.4, 0.5) is 0 Å². The molecular weight excluding hydrogens is 667 g/mol. The summed E-state index contributed by atoms with van der Waals surface area (Å²) in [6.45, 7) is 22.8. The molecule has 0 bridgehead atoms. The minimum atomic E-state index is -0.719. The van der Waals surface area contributed by atoms with E-state index >= 15 is 0 Å². The Bertz CT molecular complexity index is 1750. The molecule has 11 nitrogen and oxygen atoms in total. The molecule has 1 aliphatic heterocycles. The van der Waals surface area contributed by atoms with Crippen molar-refractivity contribution < 1.29 is 20.9 Å². The summed E-state index contributed by atoms with van der Waals surface area (Å²) in [4.78, 5) is 40.7. The van der Waals surface area contributed by atoms with E-state index in [0.717, 1.165) is 11.1 Å². The molecule has 1 aromatic carbocycles. The Kier molecular flexibility index (Phi) is 21.3. The summed E-state index contributed by atoms with van der Waals surface area (Å²) in [5.41, 5.74) is 2.37. The van der Waals surface area contributed by atoms with Crippen molar-refractivity contribution in [3.8, 4) is 17.6 Å². The molecule has 3 aromatic heterocycles. The first-order chi connectivity index (χ1) is 25.6. The third-order valence-electron chi connectivity index (χ3n) is 8.34. The van der Waals surface area contributed by atoms with Crippen molar-refractivity contribution in [2.75, 3.05) is 19.7 Å². The average Bonchev–Trinajstić information content (AvgIpc) is 3.85. The number of pyridine rings is 1. The number of allylic oxidation sites excluding steroid dienone is 1. The largest absolute Gasteiger partial charge is 0.485 e. The maximum atomic E-state index is 13.8. The number of amides is 1. The van der Waals surface area contributed by atoms with Gasteiger partial charge in [0, 0.05) is 33.7 Å². The summed E-state index contributed by atoms with van der Waals surface area (Å²) >= 11 is 0. The number of Topliss-reactive ketones (excluding diaryl/α,β-unsaturated/α-hetero) is 1. The number of ether oxygens (including phenoxy) is 1. The molecule has 11 heteroatoms. The molecule has 292 valence electrons. The molecule has 0 saturated carbocycles. The quantitative estimate of drug-likeness (QED) is 0.0930. The number of carbonyl (C=O) groups excluding carboxylic acids is 2. The van der Waals surface area contributed by atoms with Crippen LogP contribution in [0.1, 0.15) is 137 Å². The molecule has 1 atom stereocenters. The maximum absolute atomic E-state index is 13.8. The second-order valence-corrected chi connectivity index (χ2v) is 12.3. The summed E-state index contributed by atoms with van der Waals surface area (Å²) in [5, 5.41) is 24.2. The van der Waals surface area contributed by atoms with Gasteiger partial charge in [-0.15, -0.1) is 0 Å². The van der Waals surface area contributed by atoms with E-state index in [-0.39, 0.29) is 13.6 Å².